The Kier molecular flexibility index (Phi) is 1.83. The summed E-state index contributed by atoms with van der Waals surface area (Å²) in [6, 6.07) is 0. The Morgan fingerprint density at radius 2 is 2.56 bits per heavy atom. The van der Waals surface area contributed by atoms with Crippen LogP contribution in [0.2, 0.25) is 0 Å². The molecule has 1 atom stereocenters. The van der Waals surface area contributed by atoms with Crippen LogP contribution in [0.5, 0.6) is 0 Å². The lowest BCUT2D eigenvalue weighted by Gasteiger charge is -2.09. The lowest BCUT2D eigenvalue weighted by molar-refractivity contribution is 0.879. The van der Waals surface area contributed by atoms with Gasteiger partial charge < -0.3 is 5.41 Å². The molecule has 0 aliphatic heterocycles. The quantitative estimate of drug-likeness (QED) is 0.406. The third-order valence-electron chi connectivity index (χ3n) is 1.61. The fraction of sp³-hybridized carbons (Fsp3) is 0.375. The Labute approximate surface area is 55.6 Å². The van der Waals surface area contributed by atoms with Crippen LogP contribution in [0.3, 0.4) is 0 Å². The highest BCUT2D eigenvalue weighted by Gasteiger charge is 2.03. The molecule has 0 saturated carbocycles. The van der Waals surface area contributed by atoms with Gasteiger partial charge in [0.2, 0.25) is 0 Å². The van der Waals surface area contributed by atoms with Gasteiger partial charge in [-0.25, -0.2) is 0 Å². The molecule has 1 N–H and O–H groups in total. The van der Waals surface area contributed by atoms with Crippen LogP contribution in [0, 0.1) is 11.3 Å². The standard InChI is InChI=1S/C8H11N/c1-7-4-2-3-5-8(7)6-9/h2,4-7,9H,3H2,1H3. The van der Waals surface area contributed by atoms with E-state index in [1.807, 2.05) is 0 Å². The van der Waals surface area contributed by atoms with Crippen molar-refractivity contribution in [1.29, 1.82) is 5.41 Å². The minimum atomic E-state index is 0.455. The number of allylic oxidation sites excluding steroid dienone is 4. The van der Waals surface area contributed by atoms with Gasteiger partial charge in [-0.3, -0.25) is 0 Å². The molecule has 0 amide bonds. The van der Waals surface area contributed by atoms with Crippen LogP contribution in [0.4, 0.5) is 0 Å². The summed E-state index contributed by atoms with van der Waals surface area (Å²) in [5.74, 6) is 0.455. The maximum absolute atomic E-state index is 7.00. The third-order valence-corrected chi connectivity index (χ3v) is 1.61. The van der Waals surface area contributed by atoms with Crippen LogP contribution in [0.15, 0.2) is 23.8 Å². The highest BCUT2D eigenvalue weighted by molar-refractivity contribution is 5.77. The molecular formula is C8H11N. The van der Waals surface area contributed by atoms with Crippen molar-refractivity contribution in [1.82, 2.24) is 0 Å². The van der Waals surface area contributed by atoms with Gasteiger partial charge in [0.05, 0.1) is 0 Å². The zero-order chi connectivity index (χ0) is 6.69. The highest BCUT2D eigenvalue weighted by Crippen LogP contribution is 2.15. The third kappa shape index (κ3) is 1.28. The van der Waals surface area contributed by atoms with E-state index in [0.29, 0.717) is 5.92 Å². The molecule has 0 aromatic rings. The number of hydrogen-bond acceptors (Lipinski definition) is 1. The molecule has 1 nitrogen and oxygen atoms in total. The smallest absolute Gasteiger partial charge is 0.0212 e. The van der Waals surface area contributed by atoms with Crippen LogP contribution < -0.4 is 0 Å². The Hall–Kier alpha value is -0.850. The van der Waals surface area contributed by atoms with Crippen molar-refractivity contribution in [3.05, 3.63) is 23.8 Å². The van der Waals surface area contributed by atoms with E-state index in [0.717, 1.165) is 12.0 Å². The summed E-state index contributed by atoms with van der Waals surface area (Å²) in [4.78, 5) is 0. The van der Waals surface area contributed by atoms with E-state index in [4.69, 9.17) is 5.41 Å². The summed E-state index contributed by atoms with van der Waals surface area (Å²) < 4.78 is 0. The average Bonchev–Trinajstić information content (AvgIpc) is 1.89. The summed E-state index contributed by atoms with van der Waals surface area (Å²) >= 11 is 0. The first kappa shape index (κ1) is 6.27. The van der Waals surface area contributed by atoms with E-state index in [1.165, 1.54) is 6.21 Å². The van der Waals surface area contributed by atoms with E-state index in [1.54, 1.807) is 0 Å². The lowest BCUT2D eigenvalue weighted by atomic mass is 9.96. The second kappa shape index (κ2) is 2.62. The molecule has 1 aliphatic rings. The zero-order valence-electron chi connectivity index (χ0n) is 5.59. The van der Waals surface area contributed by atoms with E-state index >= 15 is 0 Å². The van der Waals surface area contributed by atoms with Crippen LogP contribution >= 0.6 is 0 Å². The molecule has 0 fully saturated rings. The molecule has 0 saturated heterocycles. The van der Waals surface area contributed by atoms with Gasteiger partial charge in [-0.15, -0.1) is 0 Å². The normalized spacial score (nSPS) is 25.4. The fourth-order valence-corrected chi connectivity index (χ4v) is 0.974. The lowest BCUT2D eigenvalue weighted by Crippen LogP contribution is -1.99. The van der Waals surface area contributed by atoms with Crippen molar-refractivity contribution in [2.24, 2.45) is 5.92 Å². The first-order valence-electron chi connectivity index (χ1n) is 3.22. The molecule has 0 bridgehead atoms. The molecule has 0 radical (unpaired) electrons. The van der Waals surface area contributed by atoms with Gasteiger partial charge in [0, 0.05) is 12.1 Å². The van der Waals surface area contributed by atoms with Crippen molar-refractivity contribution < 1.29 is 0 Å². The monoisotopic (exact) mass is 121 g/mol. The molecule has 1 unspecified atom stereocenters. The van der Waals surface area contributed by atoms with Crippen molar-refractivity contribution in [2.75, 3.05) is 0 Å². The van der Waals surface area contributed by atoms with Gasteiger partial charge in [-0.2, -0.15) is 0 Å². The average molecular weight is 121 g/mol. The molecular weight excluding hydrogens is 110 g/mol. The number of hydrogen-bond donors (Lipinski definition) is 1. The molecule has 48 valence electrons. The van der Waals surface area contributed by atoms with Gasteiger partial charge in [-0.1, -0.05) is 25.2 Å². The molecule has 0 aromatic carbocycles. The van der Waals surface area contributed by atoms with Crippen LogP contribution in [0.1, 0.15) is 13.3 Å². The maximum Gasteiger partial charge on any atom is 0.0212 e. The van der Waals surface area contributed by atoms with Gasteiger partial charge in [0.15, 0.2) is 0 Å². The minimum absolute atomic E-state index is 0.455. The zero-order valence-corrected chi connectivity index (χ0v) is 5.59. The van der Waals surface area contributed by atoms with Crippen molar-refractivity contribution in [3.63, 3.8) is 0 Å². The number of nitrogens with one attached hydrogen (secondary N) is 1. The fourth-order valence-electron chi connectivity index (χ4n) is 0.974. The van der Waals surface area contributed by atoms with Crippen molar-refractivity contribution in [3.8, 4) is 0 Å². The Bertz CT molecular complexity index is 165. The van der Waals surface area contributed by atoms with Gasteiger partial charge in [0.1, 0.15) is 0 Å². The summed E-state index contributed by atoms with van der Waals surface area (Å²) in [7, 11) is 0. The van der Waals surface area contributed by atoms with Crippen LogP contribution in [-0.4, -0.2) is 6.21 Å². The van der Waals surface area contributed by atoms with Crippen molar-refractivity contribution >= 4 is 6.21 Å². The first-order valence-corrected chi connectivity index (χ1v) is 3.22. The highest BCUT2D eigenvalue weighted by atomic mass is 14.3. The molecule has 1 rings (SSSR count). The summed E-state index contributed by atoms with van der Waals surface area (Å²) in [6.07, 6.45) is 8.80. The molecule has 0 aromatic heterocycles. The molecule has 1 heteroatoms. The van der Waals surface area contributed by atoms with Crippen LogP contribution in [-0.2, 0) is 0 Å². The van der Waals surface area contributed by atoms with Crippen molar-refractivity contribution in [2.45, 2.75) is 13.3 Å². The van der Waals surface area contributed by atoms with E-state index in [9.17, 15) is 0 Å². The predicted molar refractivity (Wildman–Crippen MR) is 39.8 cm³/mol. The van der Waals surface area contributed by atoms with Gasteiger partial charge >= 0.3 is 0 Å². The van der Waals surface area contributed by atoms with E-state index in [2.05, 4.69) is 25.2 Å². The molecule has 1 aliphatic carbocycles. The Morgan fingerprint density at radius 1 is 1.78 bits per heavy atom. The first-order chi connectivity index (χ1) is 4.34. The Morgan fingerprint density at radius 3 is 3.00 bits per heavy atom. The maximum atomic E-state index is 7.00. The molecule has 0 heterocycles. The Balaban J connectivity index is 2.70. The van der Waals surface area contributed by atoms with Gasteiger partial charge in [-0.05, 0) is 12.0 Å². The largest absolute Gasteiger partial charge is 0.308 e. The second-order valence-electron chi connectivity index (χ2n) is 2.30. The summed E-state index contributed by atoms with van der Waals surface area (Å²) in [5, 5.41) is 7.00. The number of rotatable bonds is 1. The predicted octanol–water partition coefficient (Wildman–Crippen LogP) is 2.16. The topological polar surface area (TPSA) is 23.9 Å². The minimum Gasteiger partial charge on any atom is -0.308 e. The van der Waals surface area contributed by atoms with E-state index < -0.39 is 0 Å². The second-order valence-corrected chi connectivity index (χ2v) is 2.30. The van der Waals surface area contributed by atoms with E-state index in [-0.39, 0.29) is 0 Å². The summed E-state index contributed by atoms with van der Waals surface area (Å²) in [6.45, 7) is 2.10. The van der Waals surface area contributed by atoms with Gasteiger partial charge in [0.25, 0.3) is 0 Å². The molecule has 0 spiro atoms. The van der Waals surface area contributed by atoms with Crippen LogP contribution in [0.25, 0.3) is 0 Å². The summed E-state index contributed by atoms with van der Waals surface area (Å²) in [5.41, 5.74) is 1.14. The SMILES string of the molecule is CC1C=CCC=C1C=N. The molecule has 9 heavy (non-hydrogen) atoms.